The number of rotatable bonds is 2. The molecular weight excluding hydrogens is 280 g/mol. The molecule has 4 nitrogen and oxygen atoms in total. The van der Waals surface area contributed by atoms with Gasteiger partial charge in [-0.15, -0.1) is 22.0 Å². The molecule has 98 valence electrons. The quantitative estimate of drug-likeness (QED) is 0.779. The first-order valence-corrected chi connectivity index (χ1v) is 7.17. The van der Waals surface area contributed by atoms with E-state index in [2.05, 4.69) is 21.8 Å². The highest BCUT2D eigenvalue weighted by Gasteiger charge is 2.09. The second-order valence-electron chi connectivity index (χ2n) is 3.81. The highest BCUT2D eigenvalue weighted by molar-refractivity contribution is 7.98. The number of anilines is 1. The van der Waals surface area contributed by atoms with Crippen molar-refractivity contribution in [1.82, 2.24) is 0 Å². The molecule has 1 aromatic rings. The van der Waals surface area contributed by atoms with E-state index in [9.17, 15) is 0 Å². The molecule has 0 radical (unpaired) electrons. The lowest BCUT2D eigenvalue weighted by Crippen LogP contribution is -2.14. The Balaban J connectivity index is 2.41. The third kappa shape index (κ3) is 3.45. The SMILES string of the molecule is C=C1/C=N\N(c2cccc(SC)c2)/N=C(C)\N=C/1Cl. The van der Waals surface area contributed by atoms with Crippen LogP contribution in [0.25, 0.3) is 0 Å². The van der Waals surface area contributed by atoms with Gasteiger partial charge in [0.25, 0.3) is 0 Å². The summed E-state index contributed by atoms with van der Waals surface area (Å²) in [6.45, 7) is 5.56. The molecular formula is C13H13ClN4S. The van der Waals surface area contributed by atoms with Crippen LogP contribution in [0.1, 0.15) is 6.92 Å². The predicted molar refractivity (Wildman–Crippen MR) is 84.7 cm³/mol. The predicted octanol–water partition coefficient (Wildman–Crippen LogP) is 3.74. The van der Waals surface area contributed by atoms with Gasteiger partial charge >= 0.3 is 0 Å². The Hall–Kier alpha value is -1.59. The van der Waals surface area contributed by atoms with Crippen molar-refractivity contribution in [2.75, 3.05) is 11.4 Å². The van der Waals surface area contributed by atoms with Gasteiger partial charge in [-0.2, -0.15) is 5.10 Å². The molecule has 0 aliphatic carbocycles. The summed E-state index contributed by atoms with van der Waals surface area (Å²) in [6.07, 6.45) is 3.57. The molecule has 0 spiro atoms. The monoisotopic (exact) mass is 292 g/mol. The zero-order valence-electron chi connectivity index (χ0n) is 10.7. The number of hydrogen-bond donors (Lipinski definition) is 0. The molecule has 2 rings (SSSR count). The van der Waals surface area contributed by atoms with Crippen LogP contribution in [-0.2, 0) is 0 Å². The number of hydrazone groups is 2. The molecule has 0 N–H and O–H groups in total. The van der Waals surface area contributed by atoms with Crippen LogP contribution in [0, 0.1) is 0 Å². The van der Waals surface area contributed by atoms with Crippen LogP contribution >= 0.6 is 23.4 Å². The average molecular weight is 293 g/mol. The van der Waals surface area contributed by atoms with Crippen molar-refractivity contribution in [2.24, 2.45) is 15.2 Å². The van der Waals surface area contributed by atoms with E-state index < -0.39 is 0 Å². The fraction of sp³-hybridized carbons (Fsp3) is 0.154. The molecule has 1 aromatic carbocycles. The number of allylic oxidation sites excluding steroid dienone is 1. The highest BCUT2D eigenvalue weighted by atomic mass is 35.5. The van der Waals surface area contributed by atoms with Crippen molar-refractivity contribution in [2.45, 2.75) is 11.8 Å². The molecule has 1 aliphatic rings. The van der Waals surface area contributed by atoms with Crippen molar-refractivity contribution in [3.05, 3.63) is 36.4 Å². The van der Waals surface area contributed by atoms with Gasteiger partial charge in [0.1, 0.15) is 11.0 Å². The van der Waals surface area contributed by atoms with E-state index in [1.54, 1.807) is 24.9 Å². The van der Waals surface area contributed by atoms with E-state index in [1.165, 1.54) is 5.12 Å². The van der Waals surface area contributed by atoms with Gasteiger partial charge in [0.15, 0.2) is 0 Å². The summed E-state index contributed by atoms with van der Waals surface area (Å²) in [5.41, 5.74) is 1.42. The molecule has 0 fully saturated rings. The number of halogens is 1. The minimum absolute atomic E-state index is 0.308. The lowest BCUT2D eigenvalue weighted by atomic mass is 10.3. The molecule has 1 aliphatic heterocycles. The molecule has 6 heteroatoms. The summed E-state index contributed by atoms with van der Waals surface area (Å²) in [5, 5.41) is 10.4. The van der Waals surface area contributed by atoms with Crippen LogP contribution in [0.2, 0.25) is 0 Å². The van der Waals surface area contributed by atoms with Gasteiger partial charge in [0, 0.05) is 10.5 Å². The number of aliphatic imine (C=N–C) groups is 1. The number of amidine groups is 1. The van der Waals surface area contributed by atoms with Crippen molar-refractivity contribution in [1.29, 1.82) is 0 Å². The first-order chi connectivity index (χ1) is 9.10. The minimum Gasteiger partial charge on any atom is -0.219 e. The molecule has 1 heterocycles. The maximum Gasteiger partial charge on any atom is 0.149 e. The Morgan fingerprint density at radius 1 is 1.37 bits per heavy atom. The Kier molecular flexibility index (Phi) is 4.39. The number of hydrogen-bond acceptors (Lipinski definition) is 5. The van der Waals surface area contributed by atoms with Crippen LogP contribution in [0.5, 0.6) is 0 Å². The molecule has 19 heavy (non-hydrogen) atoms. The number of benzene rings is 1. The lowest BCUT2D eigenvalue weighted by molar-refractivity contribution is 0.923. The van der Waals surface area contributed by atoms with Crippen molar-refractivity contribution < 1.29 is 0 Å². The second-order valence-corrected chi connectivity index (χ2v) is 5.05. The van der Waals surface area contributed by atoms with Crippen LogP contribution in [0.4, 0.5) is 5.69 Å². The van der Waals surface area contributed by atoms with Crippen LogP contribution in [-0.4, -0.2) is 23.5 Å². The lowest BCUT2D eigenvalue weighted by Gasteiger charge is -2.15. The Morgan fingerprint density at radius 2 is 2.16 bits per heavy atom. The van der Waals surface area contributed by atoms with Gasteiger partial charge < -0.3 is 0 Å². The topological polar surface area (TPSA) is 40.3 Å². The third-order valence-corrected chi connectivity index (χ3v) is 3.42. The van der Waals surface area contributed by atoms with Gasteiger partial charge in [0.05, 0.1) is 11.9 Å². The van der Waals surface area contributed by atoms with Crippen LogP contribution in [0.15, 0.2) is 56.5 Å². The van der Waals surface area contributed by atoms with Crippen molar-refractivity contribution >= 4 is 46.3 Å². The molecule has 0 saturated carbocycles. The van der Waals surface area contributed by atoms with E-state index in [0.29, 0.717) is 16.6 Å². The van der Waals surface area contributed by atoms with Gasteiger partial charge in [-0.1, -0.05) is 24.2 Å². The summed E-state index contributed by atoms with van der Waals surface area (Å²) in [6, 6.07) is 7.94. The smallest absolute Gasteiger partial charge is 0.149 e. The van der Waals surface area contributed by atoms with E-state index in [4.69, 9.17) is 11.6 Å². The summed E-state index contributed by atoms with van der Waals surface area (Å²) in [5.74, 6) is 0.526. The Bertz CT molecular complexity index is 592. The summed E-state index contributed by atoms with van der Waals surface area (Å²) in [7, 11) is 0. The van der Waals surface area contributed by atoms with Crippen LogP contribution in [0.3, 0.4) is 0 Å². The first kappa shape index (κ1) is 13.8. The summed E-state index contributed by atoms with van der Waals surface area (Å²) < 4.78 is 0. The van der Waals surface area contributed by atoms with Gasteiger partial charge in [-0.3, -0.25) is 0 Å². The molecule has 0 aromatic heterocycles. The number of thioether (sulfide) groups is 1. The summed E-state index contributed by atoms with van der Waals surface area (Å²) in [4.78, 5) is 5.27. The molecule has 0 atom stereocenters. The number of nitrogens with zero attached hydrogens (tertiary/aromatic N) is 4. The van der Waals surface area contributed by atoms with E-state index >= 15 is 0 Å². The van der Waals surface area contributed by atoms with Crippen LogP contribution < -0.4 is 5.12 Å². The van der Waals surface area contributed by atoms with Crippen molar-refractivity contribution in [3.8, 4) is 0 Å². The summed E-state index contributed by atoms with van der Waals surface area (Å²) >= 11 is 7.60. The average Bonchev–Trinajstić information content (AvgIpc) is 2.41. The molecule has 0 unspecified atom stereocenters. The van der Waals surface area contributed by atoms with E-state index in [0.717, 1.165) is 10.6 Å². The fourth-order valence-electron chi connectivity index (χ4n) is 1.44. The standard InChI is InChI=1S/C13H13ClN4S/c1-9-8-15-18(17-10(2)16-13(9)14)11-5-4-6-12(7-11)19-3/h4-8H,1H2,2-3H3/b15-8-,16-13+,17-10-. The van der Waals surface area contributed by atoms with Gasteiger partial charge in [-0.25, -0.2) is 4.99 Å². The maximum absolute atomic E-state index is 5.94. The third-order valence-electron chi connectivity index (χ3n) is 2.37. The molecule has 0 saturated heterocycles. The van der Waals surface area contributed by atoms with Crippen molar-refractivity contribution in [3.63, 3.8) is 0 Å². The Labute approximate surface area is 121 Å². The molecule has 0 amide bonds. The first-order valence-electron chi connectivity index (χ1n) is 5.57. The maximum atomic E-state index is 5.94. The van der Waals surface area contributed by atoms with Gasteiger partial charge in [-0.05, 0) is 31.4 Å². The fourth-order valence-corrected chi connectivity index (χ4v) is 2.06. The van der Waals surface area contributed by atoms with E-state index in [1.807, 2.05) is 30.5 Å². The zero-order chi connectivity index (χ0) is 13.8. The van der Waals surface area contributed by atoms with E-state index in [-0.39, 0.29) is 0 Å². The second kappa shape index (κ2) is 6.04. The minimum atomic E-state index is 0.308. The normalized spacial score (nSPS) is 22.9. The Morgan fingerprint density at radius 3 is 2.89 bits per heavy atom. The molecule has 0 bridgehead atoms. The van der Waals surface area contributed by atoms with Gasteiger partial charge in [0.2, 0.25) is 0 Å². The zero-order valence-corrected chi connectivity index (χ0v) is 12.2. The highest BCUT2D eigenvalue weighted by Crippen LogP contribution is 2.23. The largest absolute Gasteiger partial charge is 0.219 e.